The topological polar surface area (TPSA) is 25.2 Å². The molecule has 1 aliphatic rings. The van der Waals surface area contributed by atoms with Crippen LogP contribution in [0, 0.1) is 23.7 Å². The number of furan rings is 1. The number of hydrogen-bond acceptors (Lipinski definition) is 2. The van der Waals surface area contributed by atoms with Gasteiger partial charge in [-0.2, -0.15) is 0 Å². The van der Waals surface area contributed by atoms with E-state index in [-0.39, 0.29) is 0 Å². The Morgan fingerprint density at radius 3 is 2.65 bits per heavy atom. The average Bonchev–Trinajstić information content (AvgIpc) is 2.92. The zero-order valence-corrected chi connectivity index (χ0v) is 13.6. The molecule has 0 saturated heterocycles. The maximum absolute atomic E-state index is 5.73. The lowest BCUT2D eigenvalue weighted by Gasteiger charge is -2.37. The third kappa shape index (κ3) is 4.12. The molecule has 1 aromatic heterocycles. The van der Waals surface area contributed by atoms with Gasteiger partial charge in [-0.1, -0.05) is 27.7 Å². The highest BCUT2D eigenvalue weighted by Gasteiger charge is 2.33. The van der Waals surface area contributed by atoms with Crippen LogP contribution in [0.1, 0.15) is 58.6 Å². The van der Waals surface area contributed by atoms with Crippen LogP contribution >= 0.6 is 0 Å². The minimum Gasteiger partial charge on any atom is -0.469 e. The Hall–Kier alpha value is -0.760. The first kappa shape index (κ1) is 15.6. The first-order valence-corrected chi connectivity index (χ1v) is 8.32. The minimum absolute atomic E-state index is 0.603. The predicted octanol–water partition coefficient (Wildman–Crippen LogP) is 4.68. The Morgan fingerprint density at radius 1 is 1.25 bits per heavy atom. The van der Waals surface area contributed by atoms with Crippen molar-refractivity contribution in [1.82, 2.24) is 5.32 Å². The molecule has 1 fully saturated rings. The molecular formula is C18H31NO. The standard InChI is InChI=1S/C18H31NO/c1-13(2)11-19-12-16-8-7-15(14(3)4)10-17(16)18-6-5-9-20-18/h5-6,9,13-17,19H,7-8,10-12H2,1-4H3. The van der Waals surface area contributed by atoms with Gasteiger partial charge in [0.1, 0.15) is 5.76 Å². The second-order valence-electron chi connectivity index (χ2n) is 7.25. The van der Waals surface area contributed by atoms with Gasteiger partial charge in [0, 0.05) is 5.92 Å². The summed E-state index contributed by atoms with van der Waals surface area (Å²) in [6.45, 7) is 11.5. The molecule has 0 aromatic carbocycles. The Balaban J connectivity index is 1.98. The first-order valence-electron chi connectivity index (χ1n) is 8.32. The molecule has 2 nitrogen and oxygen atoms in total. The van der Waals surface area contributed by atoms with Crippen LogP contribution in [0.3, 0.4) is 0 Å². The second-order valence-corrected chi connectivity index (χ2v) is 7.25. The maximum Gasteiger partial charge on any atom is 0.107 e. The van der Waals surface area contributed by atoms with Crippen LogP contribution in [-0.2, 0) is 0 Å². The van der Waals surface area contributed by atoms with Crippen LogP contribution in [0.15, 0.2) is 22.8 Å². The third-order valence-corrected chi connectivity index (χ3v) is 4.84. The monoisotopic (exact) mass is 277 g/mol. The fraction of sp³-hybridized carbons (Fsp3) is 0.778. The lowest BCUT2D eigenvalue weighted by atomic mass is 9.69. The van der Waals surface area contributed by atoms with E-state index in [1.165, 1.54) is 25.0 Å². The van der Waals surface area contributed by atoms with Gasteiger partial charge >= 0.3 is 0 Å². The van der Waals surface area contributed by atoms with E-state index in [2.05, 4.69) is 39.1 Å². The SMILES string of the molecule is CC(C)CNCC1CCC(C(C)C)CC1c1ccco1. The Bertz CT molecular complexity index is 367. The molecule has 1 saturated carbocycles. The average molecular weight is 277 g/mol. The van der Waals surface area contributed by atoms with Gasteiger partial charge in [0.15, 0.2) is 0 Å². The van der Waals surface area contributed by atoms with Crippen molar-refractivity contribution in [3.63, 3.8) is 0 Å². The van der Waals surface area contributed by atoms with Gasteiger partial charge in [-0.15, -0.1) is 0 Å². The molecule has 1 heterocycles. The fourth-order valence-corrected chi connectivity index (χ4v) is 3.52. The van der Waals surface area contributed by atoms with E-state index in [0.717, 1.165) is 36.8 Å². The van der Waals surface area contributed by atoms with E-state index < -0.39 is 0 Å². The summed E-state index contributed by atoms with van der Waals surface area (Å²) < 4.78 is 5.73. The molecule has 2 rings (SSSR count). The Morgan fingerprint density at radius 2 is 2.05 bits per heavy atom. The second kappa shape index (κ2) is 7.31. The van der Waals surface area contributed by atoms with Crippen molar-refractivity contribution in [1.29, 1.82) is 0 Å². The van der Waals surface area contributed by atoms with Gasteiger partial charge in [0.05, 0.1) is 6.26 Å². The highest BCUT2D eigenvalue weighted by Crippen LogP contribution is 2.43. The van der Waals surface area contributed by atoms with Gasteiger partial charge in [-0.25, -0.2) is 0 Å². The highest BCUT2D eigenvalue weighted by molar-refractivity contribution is 5.09. The molecule has 20 heavy (non-hydrogen) atoms. The molecule has 0 aliphatic heterocycles. The zero-order chi connectivity index (χ0) is 14.5. The normalized spacial score (nSPS) is 27.4. The molecule has 114 valence electrons. The molecule has 1 aromatic rings. The first-order chi connectivity index (χ1) is 9.58. The molecule has 1 aliphatic carbocycles. The largest absolute Gasteiger partial charge is 0.469 e. The summed E-state index contributed by atoms with van der Waals surface area (Å²) in [5, 5.41) is 3.65. The zero-order valence-electron chi connectivity index (χ0n) is 13.6. The third-order valence-electron chi connectivity index (χ3n) is 4.84. The molecule has 0 amide bonds. The van der Waals surface area contributed by atoms with Gasteiger partial charge in [0.25, 0.3) is 0 Å². The van der Waals surface area contributed by atoms with Gasteiger partial charge in [0.2, 0.25) is 0 Å². The number of hydrogen-bond donors (Lipinski definition) is 1. The van der Waals surface area contributed by atoms with Crippen molar-refractivity contribution in [2.75, 3.05) is 13.1 Å². The summed E-state index contributed by atoms with van der Waals surface area (Å²) in [4.78, 5) is 0. The summed E-state index contributed by atoms with van der Waals surface area (Å²) in [5.41, 5.74) is 0. The Labute approximate surface area is 124 Å². The van der Waals surface area contributed by atoms with Crippen molar-refractivity contribution < 1.29 is 4.42 Å². The lowest BCUT2D eigenvalue weighted by molar-refractivity contribution is 0.174. The van der Waals surface area contributed by atoms with E-state index in [1.54, 1.807) is 0 Å². The summed E-state index contributed by atoms with van der Waals surface area (Å²) in [7, 11) is 0. The van der Waals surface area contributed by atoms with Crippen LogP contribution in [0.5, 0.6) is 0 Å². The molecule has 3 unspecified atom stereocenters. The quantitative estimate of drug-likeness (QED) is 0.816. The summed E-state index contributed by atoms with van der Waals surface area (Å²) in [6.07, 6.45) is 5.83. The lowest BCUT2D eigenvalue weighted by Crippen LogP contribution is -2.34. The summed E-state index contributed by atoms with van der Waals surface area (Å²) in [6, 6.07) is 4.20. The van der Waals surface area contributed by atoms with E-state index in [0.29, 0.717) is 5.92 Å². The van der Waals surface area contributed by atoms with Crippen LogP contribution < -0.4 is 5.32 Å². The molecule has 2 heteroatoms. The minimum atomic E-state index is 0.603. The molecule has 3 atom stereocenters. The smallest absolute Gasteiger partial charge is 0.107 e. The maximum atomic E-state index is 5.73. The van der Waals surface area contributed by atoms with E-state index >= 15 is 0 Å². The molecule has 1 N–H and O–H groups in total. The molecule has 0 bridgehead atoms. The number of rotatable bonds is 6. The molecular weight excluding hydrogens is 246 g/mol. The predicted molar refractivity (Wildman–Crippen MR) is 84.8 cm³/mol. The van der Waals surface area contributed by atoms with Crippen LogP contribution in [0.25, 0.3) is 0 Å². The van der Waals surface area contributed by atoms with Crippen LogP contribution in [0.2, 0.25) is 0 Å². The summed E-state index contributed by atoms with van der Waals surface area (Å²) in [5.74, 6) is 4.90. The van der Waals surface area contributed by atoms with E-state index in [1.807, 2.05) is 12.3 Å². The van der Waals surface area contributed by atoms with E-state index in [4.69, 9.17) is 4.42 Å². The van der Waals surface area contributed by atoms with Gasteiger partial charge < -0.3 is 9.73 Å². The Kier molecular flexibility index (Phi) is 5.71. The van der Waals surface area contributed by atoms with Gasteiger partial charge in [-0.3, -0.25) is 0 Å². The highest BCUT2D eigenvalue weighted by atomic mass is 16.3. The van der Waals surface area contributed by atoms with Crippen LogP contribution in [-0.4, -0.2) is 13.1 Å². The van der Waals surface area contributed by atoms with Crippen molar-refractivity contribution in [3.8, 4) is 0 Å². The van der Waals surface area contributed by atoms with Crippen molar-refractivity contribution >= 4 is 0 Å². The molecule has 0 radical (unpaired) electrons. The molecule has 0 spiro atoms. The van der Waals surface area contributed by atoms with Crippen molar-refractivity contribution in [2.45, 2.75) is 52.9 Å². The van der Waals surface area contributed by atoms with Gasteiger partial charge in [-0.05, 0) is 68.2 Å². The van der Waals surface area contributed by atoms with Crippen molar-refractivity contribution in [2.24, 2.45) is 23.7 Å². The van der Waals surface area contributed by atoms with Crippen molar-refractivity contribution in [3.05, 3.63) is 24.2 Å². The summed E-state index contributed by atoms with van der Waals surface area (Å²) >= 11 is 0. The fourth-order valence-electron chi connectivity index (χ4n) is 3.52. The van der Waals surface area contributed by atoms with Crippen LogP contribution in [0.4, 0.5) is 0 Å². The van der Waals surface area contributed by atoms with E-state index in [9.17, 15) is 0 Å². The number of nitrogens with one attached hydrogen (secondary N) is 1.